The van der Waals surface area contributed by atoms with Gasteiger partial charge in [0.2, 0.25) is 0 Å². The Labute approximate surface area is 155 Å². The maximum atomic E-state index is 5.56. The third-order valence-electron chi connectivity index (χ3n) is 4.12. The van der Waals surface area contributed by atoms with Crippen LogP contribution < -0.4 is 20.1 Å². The van der Waals surface area contributed by atoms with Gasteiger partial charge in [0, 0.05) is 36.6 Å². The zero-order chi connectivity index (χ0) is 19.1. The molecule has 0 aliphatic heterocycles. The molecule has 0 spiro atoms. The molecule has 0 unspecified atom stereocenters. The molecule has 1 aromatic heterocycles. The summed E-state index contributed by atoms with van der Waals surface area (Å²) in [7, 11) is 3.58. The number of guanidine groups is 1. The smallest absolute Gasteiger partial charge is 0.196 e. The van der Waals surface area contributed by atoms with Crippen molar-refractivity contribution in [3.05, 3.63) is 35.2 Å². The number of hydrogen-bond donors (Lipinski definition) is 2. The summed E-state index contributed by atoms with van der Waals surface area (Å²) in [5, 5.41) is 11.0. The first-order chi connectivity index (χ1) is 12.5. The maximum Gasteiger partial charge on any atom is 0.196 e. The SMILES string of the molecule is CCNC(=NCc1c(C)nn(C)c1C)Nc1ccc(OCC)c(OC)c1. The predicted molar refractivity (Wildman–Crippen MR) is 105 cm³/mol. The summed E-state index contributed by atoms with van der Waals surface area (Å²) in [6.45, 7) is 9.98. The Balaban J connectivity index is 2.19. The second-order valence-electron chi connectivity index (χ2n) is 5.89. The summed E-state index contributed by atoms with van der Waals surface area (Å²) in [6.07, 6.45) is 0. The zero-order valence-electron chi connectivity index (χ0n) is 16.5. The van der Waals surface area contributed by atoms with Gasteiger partial charge < -0.3 is 20.1 Å². The summed E-state index contributed by atoms with van der Waals surface area (Å²) in [5.74, 6) is 2.12. The van der Waals surface area contributed by atoms with Crippen molar-refractivity contribution in [3.8, 4) is 11.5 Å². The first kappa shape index (κ1) is 19.6. The summed E-state index contributed by atoms with van der Waals surface area (Å²) in [4.78, 5) is 4.70. The molecule has 0 saturated heterocycles. The largest absolute Gasteiger partial charge is 0.493 e. The number of benzene rings is 1. The van der Waals surface area contributed by atoms with E-state index in [9.17, 15) is 0 Å². The molecule has 0 saturated carbocycles. The Morgan fingerprint density at radius 2 is 2.00 bits per heavy atom. The van der Waals surface area contributed by atoms with Crippen LogP contribution in [0.25, 0.3) is 0 Å². The number of nitrogens with zero attached hydrogens (tertiary/aromatic N) is 3. The van der Waals surface area contributed by atoms with Gasteiger partial charge in [-0.15, -0.1) is 0 Å². The first-order valence-electron chi connectivity index (χ1n) is 8.85. The predicted octanol–water partition coefficient (Wildman–Crippen LogP) is 3.02. The Hall–Kier alpha value is -2.70. The van der Waals surface area contributed by atoms with Crippen molar-refractivity contribution >= 4 is 11.6 Å². The molecule has 1 aromatic carbocycles. The van der Waals surface area contributed by atoms with Gasteiger partial charge in [0.1, 0.15) is 0 Å². The topological polar surface area (TPSA) is 72.7 Å². The Morgan fingerprint density at radius 3 is 2.58 bits per heavy atom. The molecular formula is C19H29N5O2. The van der Waals surface area contributed by atoms with Crippen molar-refractivity contribution in [3.63, 3.8) is 0 Å². The van der Waals surface area contributed by atoms with Crippen molar-refractivity contribution in [2.24, 2.45) is 12.0 Å². The van der Waals surface area contributed by atoms with E-state index in [0.29, 0.717) is 24.9 Å². The molecule has 1 heterocycles. The Morgan fingerprint density at radius 1 is 1.23 bits per heavy atom. The van der Waals surface area contributed by atoms with Crippen LogP contribution in [0.5, 0.6) is 11.5 Å². The van der Waals surface area contributed by atoms with Gasteiger partial charge in [-0.1, -0.05) is 0 Å². The van der Waals surface area contributed by atoms with E-state index < -0.39 is 0 Å². The van der Waals surface area contributed by atoms with Gasteiger partial charge in [-0.3, -0.25) is 4.68 Å². The summed E-state index contributed by atoms with van der Waals surface area (Å²) >= 11 is 0. The van der Waals surface area contributed by atoms with Crippen LogP contribution in [-0.4, -0.2) is 36.0 Å². The molecule has 2 aromatic rings. The maximum absolute atomic E-state index is 5.56. The quantitative estimate of drug-likeness (QED) is 0.587. The molecular weight excluding hydrogens is 330 g/mol. The highest BCUT2D eigenvalue weighted by atomic mass is 16.5. The van der Waals surface area contributed by atoms with Gasteiger partial charge >= 0.3 is 0 Å². The average molecular weight is 359 g/mol. The van der Waals surface area contributed by atoms with Gasteiger partial charge in [0.15, 0.2) is 17.5 Å². The third-order valence-corrected chi connectivity index (χ3v) is 4.12. The van der Waals surface area contributed by atoms with Crippen molar-refractivity contribution < 1.29 is 9.47 Å². The van der Waals surface area contributed by atoms with Gasteiger partial charge in [0.05, 0.1) is 26.0 Å². The van der Waals surface area contributed by atoms with E-state index in [2.05, 4.69) is 22.7 Å². The number of rotatable bonds is 7. The monoisotopic (exact) mass is 359 g/mol. The van der Waals surface area contributed by atoms with Gasteiger partial charge in [-0.05, 0) is 39.8 Å². The number of anilines is 1. The minimum atomic E-state index is 0.564. The first-order valence-corrected chi connectivity index (χ1v) is 8.85. The molecule has 0 aliphatic rings. The van der Waals surface area contributed by atoms with Crippen molar-refractivity contribution in [1.82, 2.24) is 15.1 Å². The lowest BCUT2D eigenvalue weighted by Crippen LogP contribution is -2.30. The molecule has 26 heavy (non-hydrogen) atoms. The fourth-order valence-corrected chi connectivity index (χ4v) is 2.67. The highest BCUT2D eigenvalue weighted by Gasteiger charge is 2.10. The Bertz CT molecular complexity index is 768. The summed E-state index contributed by atoms with van der Waals surface area (Å²) in [6, 6.07) is 5.74. The lowest BCUT2D eigenvalue weighted by molar-refractivity contribution is 0.311. The number of nitrogens with one attached hydrogen (secondary N) is 2. The number of aliphatic imine (C=N–C) groups is 1. The summed E-state index contributed by atoms with van der Waals surface area (Å²) in [5.41, 5.74) is 4.16. The molecule has 2 N–H and O–H groups in total. The van der Waals surface area contributed by atoms with Crippen LogP contribution in [0.3, 0.4) is 0 Å². The Kier molecular flexibility index (Phi) is 6.89. The van der Waals surface area contributed by atoms with E-state index in [-0.39, 0.29) is 0 Å². The molecule has 2 rings (SSSR count). The van der Waals surface area contributed by atoms with Crippen LogP contribution in [0.2, 0.25) is 0 Å². The van der Waals surface area contributed by atoms with E-state index >= 15 is 0 Å². The van der Waals surface area contributed by atoms with E-state index in [0.717, 1.165) is 34.9 Å². The number of methoxy groups -OCH3 is 1. The van der Waals surface area contributed by atoms with E-state index in [1.807, 2.05) is 50.7 Å². The molecule has 0 radical (unpaired) electrons. The molecule has 7 nitrogen and oxygen atoms in total. The van der Waals surface area contributed by atoms with Crippen LogP contribution in [0, 0.1) is 13.8 Å². The minimum Gasteiger partial charge on any atom is -0.493 e. The van der Waals surface area contributed by atoms with E-state index in [1.54, 1.807) is 7.11 Å². The second kappa shape index (κ2) is 9.12. The standard InChI is InChI=1S/C19H29N5O2/c1-7-20-19(21-12-16-13(3)23-24(5)14(16)4)22-15-9-10-17(26-8-2)18(11-15)25-6/h9-11H,7-8,12H2,1-6H3,(H2,20,21,22). The molecule has 0 atom stereocenters. The average Bonchev–Trinajstić information content (AvgIpc) is 2.86. The number of aryl methyl sites for hydroxylation is 2. The molecule has 0 amide bonds. The second-order valence-corrected chi connectivity index (χ2v) is 5.89. The van der Waals surface area contributed by atoms with Gasteiger partial charge in [-0.25, -0.2) is 4.99 Å². The van der Waals surface area contributed by atoms with Crippen molar-refractivity contribution in [2.75, 3.05) is 25.6 Å². The van der Waals surface area contributed by atoms with E-state index in [4.69, 9.17) is 14.5 Å². The molecule has 7 heteroatoms. The number of hydrogen-bond acceptors (Lipinski definition) is 4. The van der Waals surface area contributed by atoms with E-state index in [1.165, 1.54) is 0 Å². The number of ether oxygens (including phenoxy) is 2. The number of aromatic nitrogens is 2. The lowest BCUT2D eigenvalue weighted by atomic mass is 10.2. The lowest BCUT2D eigenvalue weighted by Gasteiger charge is -2.14. The molecule has 0 fully saturated rings. The normalized spacial score (nSPS) is 11.4. The highest BCUT2D eigenvalue weighted by molar-refractivity contribution is 5.93. The van der Waals surface area contributed by atoms with Gasteiger partial charge in [0.25, 0.3) is 0 Å². The fourth-order valence-electron chi connectivity index (χ4n) is 2.67. The van der Waals surface area contributed by atoms with Crippen LogP contribution in [0.15, 0.2) is 23.2 Å². The van der Waals surface area contributed by atoms with Gasteiger partial charge in [-0.2, -0.15) is 5.10 Å². The van der Waals surface area contributed by atoms with Crippen LogP contribution >= 0.6 is 0 Å². The molecule has 0 aliphatic carbocycles. The molecule has 142 valence electrons. The van der Waals surface area contributed by atoms with Crippen LogP contribution in [0.1, 0.15) is 30.8 Å². The fraction of sp³-hybridized carbons (Fsp3) is 0.474. The highest BCUT2D eigenvalue weighted by Crippen LogP contribution is 2.30. The molecule has 0 bridgehead atoms. The van der Waals surface area contributed by atoms with Crippen LogP contribution in [-0.2, 0) is 13.6 Å². The minimum absolute atomic E-state index is 0.564. The van der Waals surface area contributed by atoms with Crippen molar-refractivity contribution in [2.45, 2.75) is 34.2 Å². The summed E-state index contributed by atoms with van der Waals surface area (Å²) < 4.78 is 12.9. The third kappa shape index (κ3) is 4.68. The zero-order valence-corrected chi connectivity index (χ0v) is 16.5. The van der Waals surface area contributed by atoms with Crippen LogP contribution in [0.4, 0.5) is 5.69 Å². The van der Waals surface area contributed by atoms with Crippen molar-refractivity contribution in [1.29, 1.82) is 0 Å².